The largest absolute Gasteiger partial charge is 0.494 e. The first-order valence-corrected chi connectivity index (χ1v) is 6.42. The highest BCUT2D eigenvalue weighted by molar-refractivity contribution is 5.36. The van der Waals surface area contributed by atoms with Crippen LogP contribution in [-0.2, 0) is 4.74 Å². The third-order valence-corrected chi connectivity index (χ3v) is 3.19. The SMILES string of the molecule is CCOc1ccccc1C(N)C1CCCCO1. The number of rotatable bonds is 4. The van der Waals surface area contributed by atoms with Crippen molar-refractivity contribution in [1.29, 1.82) is 0 Å². The second-order valence-electron chi connectivity index (χ2n) is 4.40. The highest BCUT2D eigenvalue weighted by Crippen LogP contribution is 2.30. The van der Waals surface area contributed by atoms with E-state index in [1.54, 1.807) is 0 Å². The van der Waals surface area contributed by atoms with E-state index < -0.39 is 0 Å². The minimum absolute atomic E-state index is 0.0851. The standard InChI is InChI=1S/C14H21NO2/c1-2-16-12-8-4-3-7-11(12)14(15)13-9-5-6-10-17-13/h3-4,7-8,13-14H,2,5-6,9-10,15H2,1H3. The summed E-state index contributed by atoms with van der Waals surface area (Å²) in [5, 5.41) is 0. The van der Waals surface area contributed by atoms with Gasteiger partial charge in [-0.25, -0.2) is 0 Å². The molecule has 2 rings (SSSR count). The molecule has 2 unspecified atom stereocenters. The van der Waals surface area contributed by atoms with Crippen LogP contribution in [0.25, 0.3) is 0 Å². The number of benzene rings is 1. The fourth-order valence-corrected chi connectivity index (χ4v) is 2.29. The highest BCUT2D eigenvalue weighted by Gasteiger charge is 2.24. The van der Waals surface area contributed by atoms with Crippen molar-refractivity contribution >= 4 is 0 Å². The third-order valence-electron chi connectivity index (χ3n) is 3.19. The van der Waals surface area contributed by atoms with Crippen LogP contribution in [0, 0.1) is 0 Å². The number of nitrogens with two attached hydrogens (primary N) is 1. The summed E-state index contributed by atoms with van der Waals surface area (Å²) in [4.78, 5) is 0. The van der Waals surface area contributed by atoms with Crippen LogP contribution in [0.2, 0.25) is 0 Å². The zero-order chi connectivity index (χ0) is 12.1. The van der Waals surface area contributed by atoms with Gasteiger partial charge >= 0.3 is 0 Å². The Labute approximate surface area is 103 Å². The molecule has 0 bridgehead atoms. The molecule has 3 heteroatoms. The molecule has 1 aliphatic rings. The summed E-state index contributed by atoms with van der Waals surface area (Å²) in [6.07, 6.45) is 3.53. The summed E-state index contributed by atoms with van der Waals surface area (Å²) in [5.74, 6) is 0.886. The molecule has 0 radical (unpaired) electrons. The summed E-state index contributed by atoms with van der Waals surface area (Å²) in [6, 6.07) is 7.90. The van der Waals surface area contributed by atoms with E-state index in [4.69, 9.17) is 15.2 Å². The Hall–Kier alpha value is -1.06. The van der Waals surface area contributed by atoms with Crippen molar-refractivity contribution in [2.45, 2.75) is 38.3 Å². The van der Waals surface area contributed by atoms with E-state index in [9.17, 15) is 0 Å². The van der Waals surface area contributed by atoms with E-state index in [-0.39, 0.29) is 12.1 Å². The molecule has 3 nitrogen and oxygen atoms in total. The summed E-state index contributed by atoms with van der Waals surface area (Å²) in [7, 11) is 0. The Kier molecular flexibility index (Phi) is 4.40. The van der Waals surface area contributed by atoms with Gasteiger partial charge in [0.25, 0.3) is 0 Å². The van der Waals surface area contributed by atoms with Crippen LogP contribution >= 0.6 is 0 Å². The van der Waals surface area contributed by atoms with Gasteiger partial charge in [0.15, 0.2) is 0 Å². The zero-order valence-corrected chi connectivity index (χ0v) is 10.4. The molecule has 0 aromatic heterocycles. The van der Waals surface area contributed by atoms with E-state index >= 15 is 0 Å². The second kappa shape index (κ2) is 6.03. The summed E-state index contributed by atoms with van der Waals surface area (Å²) in [6.45, 7) is 3.48. The fraction of sp³-hybridized carbons (Fsp3) is 0.571. The van der Waals surface area contributed by atoms with Crippen LogP contribution in [-0.4, -0.2) is 19.3 Å². The van der Waals surface area contributed by atoms with Crippen LogP contribution in [0.3, 0.4) is 0 Å². The molecule has 2 N–H and O–H groups in total. The van der Waals surface area contributed by atoms with Gasteiger partial charge in [-0.3, -0.25) is 0 Å². The van der Waals surface area contributed by atoms with Gasteiger partial charge < -0.3 is 15.2 Å². The average molecular weight is 235 g/mol. The van der Waals surface area contributed by atoms with E-state index in [0.717, 1.165) is 30.8 Å². The Balaban J connectivity index is 2.14. The molecule has 0 aliphatic carbocycles. The molecule has 0 amide bonds. The lowest BCUT2D eigenvalue weighted by Gasteiger charge is -2.29. The van der Waals surface area contributed by atoms with Crippen molar-refractivity contribution < 1.29 is 9.47 Å². The van der Waals surface area contributed by atoms with E-state index in [0.29, 0.717) is 6.61 Å². The van der Waals surface area contributed by atoms with Gasteiger partial charge in [-0.15, -0.1) is 0 Å². The molecule has 2 atom stereocenters. The van der Waals surface area contributed by atoms with Gasteiger partial charge in [0.05, 0.1) is 18.8 Å². The molecule has 1 aromatic carbocycles. The normalized spacial score (nSPS) is 22.1. The molecule has 0 saturated carbocycles. The van der Waals surface area contributed by atoms with Gasteiger partial charge in [-0.2, -0.15) is 0 Å². The smallest absolute Gasteiger partial charge is 0.124 e. The molecule has 1 aliphatic heterocycles. The van der Waals surface area contributed by atoms with Crippen molar-refractivity contribution in [3.05, 3.63) is 29.8 Å². The fourth-order valence-electron chi connectivity index (χ4n) is 2.29. The van der Waals surface area contributed by atoms with Crippen molar-refractivity contribution in [2.75, 3.05) is 13.2 Å². The van der Waals surface area contributed by atoms with Crippen molar-refractivity contribution in [3.8, 4) is 5.75 Å². The Morgan fingerprint density at radius 2 is 2.24 bits per heavy atom. The van der Waals surface area contributed by atoms with Crippen LogP contribution in [0.4, 0.5) is 0 Å². The lowest BCUT2D eigenvalue weighted by molar-refractivity contribution is -0.000462. The number of hydrogen-bond acceptors (Lipinski definition) is 3. The maximum absolute atomic E-state index is 6.30. The molecular formula is C14H21NO2. The topological polar surface area (TPSA) is 44.5 Å². The lowest BCUT2D eigenvalue weighted by Crippen LogP contribution is -2.32. The molecule has 0 spiro atoms. The average Bonchev–Trinajstić information content (AvgIpc) is 2.40. The van der Waals surface area contributed by atoms with Crippen LogP contribution < -0.4 is 10.5 Å². The monoisotopic (exact) mass is 235 g/mol. The molecule has 94 valence electrons. The predicted molar refractivity (Wildman–Crippen MR) is 68.1 cm³/mol. The molecule has 17 heavy (non-hydrogen) atoms. The second-order valence-corrected chi connectivity index (χ2v) is 4.40. The Bertz CT molecular complexity index is 348. The molecular weight excluding hydrogens is 214 g/mol. The van der Waals surface area contributed by atoms with Gasteiger partial charge in [0.1, 0.15) is 5.75 Å². The zero-order valence-electron chi connectivity index (χ0n) is 10.4. The molecule has 1 saturated heterocycles. The van der Waals surface area contributed by atoms with Gasteiger partial charge in [0, 0.05) is 12.2 Å². The summed E-state index contributed by atoms with van der Waals surface area (Å²) in [5.41, 5.74) is 7.35. The first-order valence-electron chi connectivity index (χ1n) is 6.42. The first-order chi connectivity index (χ1) is 8.33. The number of para-hydroxylation sites is 1. The van der Waals surface area contributed by atoms with E-state index in [2.05, 4.69) is 0 Å². The number of hydrogen-bond donors (Lipinski definition) is 1. The van der Waals surface area contributed by atoms with Crippen molar-refractivity contribution in [2.24, 2.45) is 5.73 Å². The minimum Gasteiger partial charge on any atom is -0.494 e. The quantitative estimate of drug-likeness (QED) is 0.872. The molecule has 1 fully saturated rings. The Morgan fingerprint density at radius 1 is 1.41 bits per heavy atom. The van der Waals surface area contributed by atoms with Gasteiger partial charge in [-0.05, 0) is 32.3 Å². The van der Waals surface area contributed by atoms with E-state index in [1.165, 1.54) is 6.42 Å². The molecule has 1 heterocycles. The van der Waals surface area contributed by atoms with Crippen molar-refractivity contribution in [1.82, 2.24) is 0 Å². The van der Waals surface area contributed by atoms with E-state index in [1.807, 2.05) is 31.2 Å². The minimum atomic E-state index is -0.0851. The number of ether oxygens (including phenoxy) is 2. The Morgan fingerprint density at radius 3 is 2.94 bits per heavy atom. The van der Waals surface area contributed by atoms with Crippen LogP contribution in [0.1, 0.15) is 37.8 Å². The predicted octanol–water partition coefficient (Wildman–Crippen LogP) is 2.65. The molecule has 1 aromatic rings. The summed E-state index contributed by atoms with van der Waals surface area (Å²) >= 11 is 0. The highest BCUT2D eigenvalue weighted by atomic mass is 16.5. The maximum Gasteiger partial charge on any atom is 0.124 e. The van der Waals surface area contributed by atoms with Crippen LogP contribution in [0.15, 0.2) is 24.3 Å². The first kappa shape index (κ1) is 12.4. The summed E-state index contributed by atoms with van der Waals surface area (Å²) < 4.78 is 11.4. The van der Waals surface area contributed by atoms with Crippen molar-refractivity contribution in [3.63, 3.8) is 0 Å². The van der Waals surface area contributed by atoms with Gasteiger partial charge in [0.2, 0.25) is 0 Å². The maximum atomic E-state index is 6.30. The lowest BCUT2D eigenvalue weighted by atomic mass is 9.96. The third kappa shape index (κ3) is 2.99. The van der Waals surface area contributed by atoms with Gasteiger partial charge in [-0.1, -0.05) is 18.2 Å². The van der Waals surface area contributed by atoms with Crippen LogP contribution in [0.5, 0.6) is 5.75 Å².